The maximum absolute atomic E-state index is 4.54. The molecule has 0 aromatic heterocycles. The minimum atomic E-state index is 0.0759. The average Bonchev–Trinajstić information content (AvgIpc) is 1.82. The average molecular weight is 181 g/mol. The summed E-state index contributed by atoms with van der Waals surface area (Å²) in [6.45, 7) is 19.0. The van der Waals surface area contributed by atoms with E-state index in [2.05, 4.69) is 60.0 Å². The number of nitrogens with zero attached hydrogens (tertiary/aromatic N) is 1. The summed E-state index contributed by atoms with van der Waals surface area (Å²) in [5.41, 5.74) is 2.33. The molecule has 0 unspecified atom stereocenters. The molecule has 0 aliphatic carbocycles. The zero-order chi connectivity index (χ0) is 10.9. The Morgan fingerprint density at radius 3 is 1.54 bits per heavy atom. The standard InChI is InChI=1S/C12H23N/c1-9(11(3,4)5)13-10(2)12(6,7)8/h1H2,2-8H3. The van der Waals surface area contributed by atoms with Crippen LogP contribution in [0.5, 0.6) is 0 Å². The van der Waals surface area contributed by atoms with Gasteiger partial charge in [-0.15, -0.1) is 0 Å². The van der Waals surface area contributed by atoms with Crippen molar-refractivity contribution in [1.29, 1.82) is 0 Å². The number of hydrogen-bond acceptors (Lipinski definition) is 1. The number of rotatable bonds is 1. The van der Waals surface area contributed by atoms with E-state index in [1.54, 1.807) is 0 Å². The highest BCUT2D eigenvalue weighted by atomic mass is 14.8. The molecule has 0 fully saturated rings. The van der Waals surface area contributed by atoms with Crippen LogP contribution in [0.15, 0.2) is 17.3 Å². The van der Waals surface area contributed by atoms with Crippen molar-refractivity contribution in [2.24, 2.45) is 15.8 Å². The minimum Gasteiger partial charge on any atom is -0.262 e. The zero-order valence-electron chi connectivity index (χ0n) is 10.2. The fourth-order valence-corrected chi connectivity index (χ4v) is 0.538. The van der Waals surface area contributed by atoms with Gasteiger partial charge in [0, 0.05) is 16.8 Å². The van der Waals surface area contributed by atoms with Crippen molar-refractivity contribution >= 4 is 5.71 Å². The van der Waals surface area contributed by atoms with Gasteiger partial charge in [0.2, 0.25) is 0 Å². The smallest absolute Gasteiger partial charge is 0.0384 e. The Morgan fingerprint density at radius 2 is 1.31 bits per heavy atom. The number of allylic oxidation sites excluding steroid dienone is 1. The van der Waals surface area contributed by atoms with E-state index in [0.29, 0.717) is 0 Å². The fraction of sp³-hybridized carbons (Fsp3) is 0.750. The van der Waals surface area contributed by atoms with Gasteiger partial charge < -0.3 is 0 Å². The molecule has 13 heavy (non-hydrogen) atoms. The molecule has 0 spiro atoms. The zero-order valence-corrected chi connectivity index (χ0v) is 10.2. The number of aliphatic imine (C=N–C) groups is 1. The largest absolute Gasteiger partial charge is 0.262 e. The molecule has 0 atom stereocenters. The molecule has 1 nitrogen and oxygen atoms in total. The van der Waals surface area contributed by atoms with Crippen LogP contribution >= 0.6 is 0 Å². The molecule has 0 N–H and O–H groups in total. The highest BCUT2D eigenvalue weighted by molar-refractivity contribution is 5.87. The van der Waals surface area contributed by atoms with Gasteiger partial charge >= 0.3 is 0 Å². The first-order valence-electron chi connectivity index (χ1n) is 4.80. The normalized spacial score (nSPS) is 14.5. The Hall–Kier alpha value is -0.590. The van der Waals surface area contributed by atoms with Crippen LogP contribution in [0.3, 0.4) is 0 Å². The van der Waals surface area contributed by atoms with E-state index in [9.17, 15) is 0 Å². The monoisotopic (exact) mass is 181 g/mol. The molecular weight excluding hydrogens is 158 g/mol. The third-order valence-electron chi connectivity index (χ3n) is 2.25. The molecule has 0 bridgehead atoms. The van der Waals surface area contributed by atoms with Crippen LogP contribution < -0.4 is 0 Å². The van der Waals surface area contributed by atoms with Gasteiger partial charge in [-0.1, -0.05) is 48.1 Å². The molecule has 0 rings (SSSR count). The Kier molecular flexibility index (Phi) is 3.48. The van der Waals surface area contributed by atoms with E-state index in [1.807, 2.05) is 0 Å². The molecule has 1 heteroatoms. The van der Waals surface area contributed by atoms with E-state index in [-0.39, 0.29) is 10.8 Å². The predicted molar refractivity (Wildman–Crippen MR) is 61.2 cm³/mol. The van der Waals surface area contributed by atoms with Gasteiger partial charge in [0.1, 0.15) is 0 Å². The van der Waals surface area contributed by atoms with Crippen LogP contribution in [-0.2, 0) is 0 Å². The maximum Gasteiger partial charge on any atom is 0.0384 e. The van der Waals surface area contributed by atoms with Crippen LogP contribution in [0.4, 0.5) is 0 Å². The van der Waals surface area contributed by atoms with E-state index in [1.165, 1.54) is 0 Å². The summed E-state index contributed by atoms with van der Waals surface area (Å²) < 4.78 is 0. The van der Waals surface area contributed by atoms with Crippen LogP contribution in [0.1, 0.15) is 48.5 Å². The molecule has 0 amide bonds. The number of hydrogen-bond donors (Lipinski definition) is 0. The van der Waals surface area contributed by atoms with Crippen molar-refractivity contribution in [1.82, 2.24) is 0 Å². The van der Waals surface area contributed by atoms with E-state index >= 15 is 0 Å². The first-order valence-corrected chi connectivity index (χ1v) is 4.80. The second kappa shape index (κ2) is 3.65. The van der Waals surface area contributed by atoms with Gasteiger partial charge in [-0.2, -0.15) is 0 Å². The lowest BCUT2D eigenvalue weighted by atomic mass is 9.89. The van der Waals surface area contributed by atoms with Gasteiger partial charge in [0.25, 0.3) is 0 Å². The lowest BCUT2D eigenvalue weighted by Gasteiger charge is -2.23. The second-order valence-corrected chi connectivity index (χ2v) is 5.64. The van der Waals surface area contributed by atoms with Crippen molar-refractivity contribution in [3.05, 3.63) is 12.3 Å². The van der Waals surface area contributed by atoms with Crippen molar-refractivity contribution in [3.8, 4) is 0 Å². The highest BCUT2D eigenvalue weighted by Crippen LogP contribution is 2.26. The van der Waals surface area contributed by atoms with Gasteiger partial charge in [0.05, 0.1) is 0 Å². The highest BCUT2D eigenvalue weighted by Gasteiger charge is 2.18. The molecule has 0 saturated carbocycles. The molecule has 0 saturated heterocycles. The lowest BCUT2D eigenvalue weighted by molar-refractivity contribution is 0.496. The Morgan fingerprint density at radius 1 is 0.923 bits per heavy atom. The Bertz CT molecular complexity index is 220. The van der Waals surface area contributed by atoms with E-state index in [4.69, 9.17) is 0 Å². The Balaban J connectivity index is 4.70. The molecule has 0 aliphatic rings. The fourth-order valence-electron chi connectivity index (χ4n) is 0.538. The van der Waals surface area contributed by atoms with Gasteiger partial charge in [-0.05, 0) is 12.3 Å². The quantitative estimate of drug-likeness (QED) is 0.541. The van der Waals surface area contributed by atoms with Crippen molar-refractivity contribution in [2.45, 2.75) is 48.5 Å². The topological polar surface area (TPSA) is 12.4 Å². The summed E-state index contributed by atoms with van der Waals surface area (Å²) in [4.78, 5) is 4.54. The lowest BCUT2D eigenvalue weighted by Crippen LogP contribution is -2.18. The predicted octanol–water partition coefficient (Wildman–Crippen LogP) is 4.05. The first kappa shape index (κ1) is 12.4. The van der Waals surface area contributed by atoms with Gasteiger partial charge in [0.15, 0.2) is 0 Å². The summed E-state index contributed by atoms with van der Waals surface area (Å²) >= 11 is 0. The summed E-state index contributed by atoms with van der Waals surface area (Å²) in [5.74, 6) is 0. The van der Waals surface area contributed by atoms with Crippen molar-refractivity contribution in [3.63, 3.8) is 0 Å². The minimum absolute atomic E-state index is 0.0759. The van der Waals surface area contributed by atoms with E-state index < -0.39 is 0 Å². The SMILES string of the molecule is C=C(N=C(C)C(C)(C)C)C(C)(C)C. The summed E-state index contributed by atoms with van der Waals surface area (Å²) in [6, 6.07) is 0. The molecule has 0 aromatic rings. The molecule has 76 valence electrons. The van der Waals surface area contributed by atoms with Crippen LogP contribution in [0.2, 0.25) is 0 Å². The van der Waals surface area contributed by atoms with Crippen LogP contribution in [0, 0.1) is 10.8 Å². The first-order chi connectivity index (χ1) is 5.55. The summed E-state index contributed by atoms with van der Waals surface area (Å²) in [7, 11) is 0. The third-order valence-corrected chi connectivity index (χ3v) is 2.25. The Labute approximate surface area is 83.0 Å². The van der Waals surface area contributed by atoms with Crippen molar-refractivity contribution < 1.29 is 0 Å². The third kappa shape index (κ3) is 4.25. The summed E-state index contributed by atoms with van der Waals surface area (Å²) in [6.07, 6.45) is 0. The van der Waals surface area contributed by atoms with E-state index in [0.717, 1.165) is 11.4 Å². The molecule has 0 aliphatic heterocycles. The molecule has 0 heterocycles. The maximum atomic E-state index is 4.54. The van der Waals surface area contributed by atoms with Gasteiger partial charge in [-0.25, -0.2) is 0 Å². The second-order valence-electron chi connectivity index (χ2n) is 5.64. The van der Waals surface area contributed by atoms with Gasteiger partial charge in [-0.3, -0.25) is 4.99 Å². The van der Waals surface area contributed by atoms with Crippen molar-refractivity contribution in [2.75, 3.05) is 0 Å². The molecule has 0 radical (unpaired) electrons. The molecular formula is C12H23N. The summed E-state index contributed by atoms with van der Waals surface area (Å²) in [5, 5.41) is 0. The molecule has 0 aromatic carbocycles. The van der Waals surface area contributed by atoms with Crippen LogP contribution in [-0.4, -0.2) is 5.71 Å². The van der Waals surface area contributed by atoms with Crippen LogP contribution in [0.25, 0.3) is 0 Å².